The number of nitrogens with one attached hydrogen (secondary N) is 4. The van der Waals surface area contributed by atoms with Crippen molar-refractivity contribution in [2.75, 3.05) is 24.7 Å². The Hall–Kier alpha value is -3.02. The zero-order chi connectivity index (χ0) is 26.9. The normalized spacial score (nSPS) is 30.4. The molecule has 4 N–H and O–H groups in total. The first-order chi connectivity index (χ1) is 19.0. The van der Waals surface area contributed by atoms with Crippen LogP contribution in [0.3, 0.4) is 0 Å². The third-order valence-electron chi connectivity index (χ3n) is 8.28. The number of rotatable bonds is 7. The molecule has 11 heteroatoms. The molecule has 5 atom stereocenters. The van der Waals surface area contributed by atoms with Gasteiger partial charge in [-0.25, -0.2) is 4.79 Å². The van der Waals surface area contributed by atoms with E-state index in [1.54, 1.807) is 0 Å². The van der Waals surface area contributed by atoms with Crippen LogP contribution in [0.25, 0.3) is 0 Å². The molecule has 0 bridgehead atoms. The summed E-state index contributed by atoms with van der Waals surface area (Å²) in [5.41, 5.74) is 1.51. The molecule has 208 valence electrons. The summed E-state index contributed by atoms with van der Waals surface area (Å²) >= 11 is 1.48. The summed E-state index contributed by atoms with van der Waals surface area (Å²) in [6, 6.07) is 7.15. The van der Waals surface area contributed by atoms with Crippen molar-refractivity contribution in [2.24, 2.45) is 5.92 Å². The van der Waals surface area contributed by atoms with Crippen LogP contribution >= 0.6 is 11.8 Å². The summed E-state index contributed by atoms with van der Waals surface area (Å²) in [4.78, 5) is 41.2. The molecule has 4 fully saturated rings. The van der Waals surface area contributed by atoms with E-state index in [1.807, 2.05) is 29.2 Å². The summed E-state index contributed by atoms with van der Waals surface area (Å²) in [6.07, 6.45) is 6.47. The smallest absolute Gasteiger partial charge is 0.326 e. The molecule has 6 rings (SSSR count). The fourth-order valence-electron chi connectivity index (χ4n) is 6.38. The number of carbonyl (C=O) groups excluding carboxylic acids is 3. The van der Waals surface area contributed by atoms with Gasteiger partial charge in [-0.1, -0.05) is 18.3 Å². The molecule has 3 unspecified atom stereocenters. The quantitative estimate of drug-likeness (QED) is 0.383. The van der Waals surface area contributed by atoms with E-state index in [0.29, 0.717) is 10.6 Å². The van der Waals surface area contributed by atoms with Crippen LogP contribution in [0.4, 0.5) is 10.5 Å². The number of urea groups is 1. The van der Waals surface area contributed by atoms with Gasteiger partial charge in [0.05, 0.1) is 29.5 Å². The van der Waals surface area contributed by atoms with Crippen molar-refractivity contribution in [2.45, 2.75) is 68.1 Å². The highest BCUT2D eigenvalue weighted by Gasteiger charge is 2.52. The van der Waals surface area contributed by atoms with E-state index in [0.717, 1.165) is 69.7 Å². The molecule has 0 spiro atoms. The average Bonchev–Trinajstić information content (AvgIpc) is 3.54. The molecule has 1 aliphatic carbocycles. The third kappa shape index (κ3) is 5.27. The molecule has 1 saturated carbocycles. The Bertz CT molecular complexity index is 1170. The minimum absolute atomic E-state index is 0.00132. The molecular formula is C28H35N5O5S. The number of hydrogen-bond donors (Lipinski definition) is 4. The van der Waals surface area contributed by atoms with E-state index >= 15 is 0 Å². The number of ether oxygens (including phenoxy) is 2. The van der Waals surface area contributed by atoms with Gasteiger partial charge in [0.1, 0.15) is 11.9 Å². The predicted octanol–water partition coefficient (Wildman–Crippen LogP) is 2.38. The summed E-state index contributed by atoms with van der Waals surface area (Å²) in [5.74, 6) is 0.328. The Morgan fingerprint density at radius 3 is 2.56 bits per heavy atom. The fourth-order valence-corrected chi connectivity index (χ4v) is 7.77. The molecule has 1 aromatic carbocycles. The largest absolute Gasteiger partial charge is 0.490 e. The number of thioether (sulfide) groups is 1. The van der Waals surface area contributed by atoms with Gasteiger partial charge in [0.2, 0.25) is 5.91 Å². The summed E-state index contributed by atoms with van der Waals surface area (Å²) in [7, 11) is 0. The van der Waals surface area contributed by atoms with Crippen molar-refractivity contribution in [3.63, 3.8) is 0 Å². The van der Waals surface area contributed by atoms with Crippen molar-refractivity contribution in [3.05, 3.63) is 47.5 Å². The lowest BCUT2D eigenvalue weighted by molar-refractivity contribution is -0.119. The van der Waals surface area contributed by atoms with Crippen LogP contribution in [0.1, 0.15) is 38.5 Å². The van der Waals surface area contributed by atoms with Crippen molar-refractivity contribution in [1.29, 1.82) is 0 Å². The van der Waals surface area contributed by atoms with Crippen LogP contribution in [-0.2, 0) is 14.3 Å². The van der Waals surface area contributed by atoms with Crippen LogP contribution in [0.15, 0.2) is 47.5 Å². The van der Waals surface area contributed by atoms with Gasteiger partial charge in [-0.3, -0.25) is 14.5 Å². The molecule has 39 heavy (non-hydrogen) atoms. The van der Waals surface area contributed by atoms with Crippen molar-refractivity contribution in [1.82, 2.24) is 21.3 Å². The van der Waals surface area contributed by atoms with E-state index in [-0.39, 0.29) is 53.4 Å². The lowest BCUT2D eigenvalue weighted by Gasteiger charge is -2.45. The summed E-state index contributed by atoms with van der Waals surface area (Å²) in [5, 5.41) is 12.7. The number of piperidine rings is 1. The minimum Gasteiger partial charge on any atom is -0.490 e. The molecular weight excluding hydrogens is 518 g/mol. The van der Waals surface area contributed by atoms with Crippen LogP contribution < -0.4 is 30.9 Å². The monoisotopic (exact) mass is 553 g/mol. The Labute approximate surface area is 232 Å². The van der Waals surface area contributed by atoms with Crippen molar-refractivity contribution in [3.8, 4) is 5.75 Å². The number of benzene rings is 1. The maximum Gasteiger partial charge on any atom is 0.326 e. The lowest BCUT2D eigenvalue weighted by atomic mass is 9.86. The standard InChI is InChI=1S/C28H35N5O5S/c1-2-22(34)30-19-4-3-5-20(19)31-26(35)25-24-23-21(10-13-29-27(23)39-25)33(28(36)32-24)16-6-8-17(9-7-16)38-18-11-14-37-15-12-18/h2,6-9,18-21,23,27,29H,1,3-5,10-15H2,(H,30,34)(H,31,35)(H,32,36)/t19-,20+,21?,23?,27?/m0/s1. The Morgan fingerprint density at radius 2 is 1.82 bits per heavy atom. The van der Waals surface area contributed by atoms with Crippen LogP contribution in [0.2, 0.25) is 0 Å². The Morgan fingerprint density at radius 1 is 1.08 bits per heavy atom. The molecule has 4 heterocycles. The zero-order valence-corrected chi connectivity index (χ0v) is 22.6. The van der Waals surface area contributed by atoms with Gasteiger partial charge in [0.25, 0.3) is 5.91 Å². The average molecular weight is 554 g/mol. The SMILES string of the molecule is C=CC(=O)N[C@H]1CCC[C@H]1NC(=O)C1=C2NC(=O)N(c3ccc(OC4CCOCC4)cc3)C3CCNC(S1)C23. The van der Waals surface area contributed by atoms with Gasteiger partial charge in [0, 0.05) is 42.2 Å². The van der Waals surface area contributed by atoms with E-state index < -0.39 is 0 Å². The van der Waals surface area contributed by atoms with E-state index in [2.05, 4.69) is 27.8 Å². The van der Waals surface area contributed by atoms with Crippen LogP contribution in [-0.4, -0.2) is 67.2 Å². The van der Waals surface area contributed by atoms with Gasteiger partial charge in [0.15, 0.2) is 0 Å². The van der Waals surface area contributed by atoms with E-state index in [9.17, 15) is 14.4 Å². The van der Waals surface area contributed by atoms with Gasteiger partial charge in [-0.05, 0) is 62.6 Å². The minimum atomic E-state index is -0.237. The van der Waals surface area contributed by atoms with Crippen molar-refractivity contribution < 1.29 is 23.9 Å². The number of carbonyl (C=O) groups is 3. The maximum atomic E-state index is 13.5. The number of nitrogens with zero attached hydrogens (tertiary/aromatic N) is 1. The van der Waals surface area contributed by atoms with Gasteiger partial charge < -0.3 is 30.7 Å². The second-order valence-corrected chi connectivity index (χ2v) is 11.8. The number of anilines is 1. The molecule has 0 radical (unpaired) electrons. The lowest BCUT2D eigenvalue weighted by Crippen LogP contribution is -2.62. The number of amides is 4. The van der Waals surface area contributed by atoms with E-state index in [4.69, 9.17) is 9.47 Å². The van der Waals surface area contributed by atoms with Gasteiger partial charge >= 0.3 is 6.03 Å². The molecule has 4 aliphatic heterocycles. The zero-order valence-electron chi connectivity index (χ0n) is 21.8. The molecule has 10 nitrogen and oxygen atoms in total. The second-order valence-electron chi connectivity index (χ2n) is 10.7. The van der Waals surface area contributed by atoms with Crippen molar-refractivity contribution >= 4 is 35.3 Å². The molecule has 3 saturated heterocycles. The predicted molar refractivity (Wildman–Crippen MR) is 148 cm³/mol. The first-order valence-electron chi connectivity index (χ1n) is 13.8. The van der Waals surface area contributed by atoms with Gasteiger partial charge in [-0.15, -0.1) is 0 Å². The topological polar surface area (TPSA) is 121 Å². The molecule has 4 amide bonds. The summed E-state index contributed by atoms with van der Waals surface area (Å²) in [6.45, 7) is 5.71. The highest BCUT2D eigenvalue weighted by Crippen LogP contribution is 2.48. The van der Waals surface area contributed by atoms with Crippen LogP contribution in [0.5, 0.6) is 5.75 Å². The highest BCUT2D eigenvalue weighted by atomic mass is 32.2. The van der Waals surface area contributed by atoms with Gasteiger partial charge in [-0.2, -0.15) is 0 Å². The van der Waals surface area contributed by atoms with E-state index in [1.165, 1.54) is 17.8 Å². The van der Waals surface area contributed by atoms with Crippen LogP contribution in [0, 0.1) is 5.92 Å². The first kappa shape index (κ1) is 26.2. The summed E-state index contributed by atoms with van der Waals surface area (Å²) < 4.78 is 11.5. The molecule has 0 aromatic heterocycles. The molecule has 5 aliphatic rings. The Kier molecular flexibility index (Phi) is 7.55. The third-order valence-corrected chi connectivity index (χ3v) is 9.63. The molecule has 1 aromatic rings. The first-order valence-corrected chi connectivity index (χ1v) is 14.7. The Balaban J connectivity index is 1.18. The maximum absolute atomic E-state index is 13.5. The highest BCUT2D eigenvalue weighted by molar-refractivity contribution is 8.04. The number of hydrogen-bond acceptors (Lipinski definition) is 7. The fraction of sp³-hybridized carbons (Fsp3) is 0.536. The second kappa shape index (κ2) is 11.2.